The van der Waals surface area contributed by atoms with Gasteiger partial charge in [-0.2, -0.15) is 0 Å². The standard InChI is InChI=1S/C6H6ClN.C3H8/c1-5-2-3-8-6(7)4-5;1-3-2/h2-4H,1H3;3H2,1-2H3. The van der Waals surface area contributed by atoms with Crippen LogP contribution in [0, 0.1) is 6.92 Å². The maximum Gasteiger partial charge on any atom is 0.129 e. The van der Waals surface area contributed by atoms with Gasteiger partial charge in [0, 0.05) is 6.20 Å². The third-order valence-corrected chi connectivity index (χ3v) is 1.09. The molecule has 62 valence electrons. The fraction of sp³-hybridized carbons (Fsp3) is 0.444. The summed E-state index contributed by atoms with van der Waals surface area (Å²) in [5.74, 6) is 0. The van der Waals surface area contributed by atoms with Crippen LogP contribution in [-0.2, 0) is 0 Å². The lowest BCUT2D eigenvalue weighted by atomic mass is 10.3. The molecule has 0 aliphatic rings. The van der Waals surface area contributed by atoms with E-state index in [2.05, 4.69) is 18.8 Å². The highest BCUT2D eigenvalue weighted by molar-refractivity contribution is 6.29. The molecule has 0 unspecified atom stereocenters. The maximum absolute atomic E-state index is 5.53. The van der Waals surface area contributed by atoms with Gasteiger partial charge in [-0.25, -0.2) is 4.98 Å². The van der Waals surface area contributed by atoms with Gasteiger partial charge in [0.15, 0.2) is 0 Å². The van der Waals surface area contributed by atoms with E-state index in [9.17, 15) is 0 Å². The molecule has 0 aliphatic heterocycles. The Morgan fingerprint density at radius 3 is 2.27 bits per heavy atom. The van der Waals surface area contributed by atoms with Crippen LogP contribution in [0.3, 0.4) is 0 Å². The topological polar surface area (TPSA) is 12.9 Å². The van der Waals surface area contributed by atoms with Gasteiger partial charge in [-0.3, -0.25) is 0 Å². The smallest absolute Gasteiger partial charge is 0.129 e. The predicted molar refractivity (Wildman–Crippen MR) is 49.9 cm³/mol. The number of aryl methyl sites for hydroxylation is 1. The molecular formula is C9H14ClN. The van der Waals surface area contributed by atoms with Crippen molar-refractivity contribution < 1.29 is 0 Å². The average molecular weight is 172 g/mol. The summed E-state index contributed by atoms with van der Waals surface area (Å²) in [6, 6.07) is 3.73. The van der Waals surface area contributed by atoms with E-state index in [0.29, 0.717) is 5.15 Å². The van der Waals surface area contributed by atoms with Gasteiger partial charge in [0.1, 0.15) is 5.15 Å². The highest BCUT2D eigenvalue weighted by Gasteiger charge is 1.84. The molecule has 1 aromatic heterocycles. The van der Waals surface area contributed by atoms with Gasteiger partial charge in [0.05, 0.1) is 0 Å². The Labute approximate surface area is 73.4 Å². The highest BCUT2D eigenvalue weighted by Crippen LogP contribution is 2.04. The fourth-order valence-electron chi connectivity index (χ4n) is 0.499. The van der Waals surface area contributed by atoms with Crippen molar-refractivity contribution in [3.05, 3.63) is 29.0 Å². The van der Waals surface area contributed by atoms with E-state index in [0.717, 1.165) is 5.56 Å². The zero-order valence-electron chi connectivity index (χ0n) is 7.26. The Bertz CT molecular complexity index is 181. The summed E-state index contributed by atoms with van der Waals surface area (Å²) >= 11 is 5.53. The first-order valence-corrected chi connectivity index (χ1v) is 4.16. The first-order chi connectivity index (χ1) is 5.20. The Morgan fingerprint density at radius 2 is 2.00 bits per heavy atom. The Hall–Kier alpha value is -0.560. The summed E-state index contributed by atoms with van der Waals surface area (Å²) in [7, 11) is 0. The molecule has 0 aliphatic carbocycles. The first-order valence-electron chi connectivity index (χ1n) is 3.78. The van der Waals surface area contributed by atoms with Gasteiger partial charge >= 0.3 is 0 Å². The Morgan fingerprint density at radius 1 is 1.45 bits per heavy atom. The van der Waals surface area contributed by atoms with Crippen LogP contribution in [0.4, 0.5) is 0 Å². The average Bonchev–Trinajstić information content (AvgIpc) is 1.88. The third-order valence-electron chi connectivity index (χ3n) is 0.882. The number of halogens is 1. The van der Waals surface area contributed by atoms with Crippen molar-refractivity contribution in [1.82, 2.24) is 4.98 Å². The molecule has 11 heavy (non-hydrogen) atoms. The molecule has 0 saturated heterocycles. The number of nitrogens with zero attached hydrogens (tertiary/aromatic N) is 1. The van der Waals surface area contributed by atoms with Crippen LogP contribution in [0.25, 0.3) is 0 Å². The zero-order chi connectivity index (χ0) is 8.69. The molecule has 0 N–H and O–H groups in total. The van der Waals surface area contributed by atoms with E-state index in [1.54, 1.807) is 6.20 Å². The first kappa shape index (κ1) is 10.4. The van der Waals surface area contributed by atoms with E-state index in [4.69, 9.17) is 11.6 Å². The van der Waals surface area contributed by atoms with Crippen molar-refractivity contribution in [3.63, 3.8) is 0 Å². The van der Waals surface area contributed by atoms with Crippen LogP contribution in [0.15, 0.2) is 18.3 Å². The molecule has 1 nitrogen and oxygen atoms in total. The summed E-state index contributed by atoms with van der Waals surface area (Å²) in [6.07, 6.45) is 2.94. The number of hydrogen-bond acceptors (Lipinski definition) is 1. The molecule has 1 heterocycles. The quantitative estimate of drug-likeness (QED) is 0.545. The highest BCUT2D eigenvalue weighted by atomic mass is 35.5. The van der Waals surface area contributed by atoms with Gasteiger partial charge in [0.2, 0.25) is 0 Å². The second-order valence-corrected chi connectivity index (χ2v) is 2.75. The van der Waals surface area contributed by atoms with Crippen LogP contribution in [0.2, 0.25) is 5.15 Å². The van der Waals surface area contributed by atoms with E-state index < -0.39 is 0 Å². The van der Waals surface area contributed by atoms with Crippen molar-refractivity contribution in [2.24, 2.45) is 0 Å². The lowest BCUT2D eigenvalue weighted by molar-refractivity contribution is 1.09. The lowest BCUT2D eigenvalue weighted by Gasteiger charge is -1.88. The summed E-state index contributed by atoms with van der Waals surface area (Å²) in [5, 5.41) is 0.560. The minimum absolute atomic E-state index is 0.560. The van der Waals surface area contributed by atoms with Gasteiger partial charge in [-0.1, -0.05) is 31.9 Å². The van der Waals surface area contributed by atoms with E-state index in [1.165, 1.54) is 6.42 Å². The van der Waals surface area contributed by atoms with Crippen molar-refractivity contribution >= 4 is 11.6 Å². The molecule has 1 aromatic rings. The van der Waals surface area contributed by atoms with Gasteiger partial charge < -0.3 is 0 Å². The monoisotopic (exact) mass is 171 g/mol. The Kier molecular flexibility index (Phi) is 5.86. The SMILES string of the molecule is CCC.Cc1ccnc(Cl)c1. The van der Waals surface area contributed by atoms with Crippen LogP contribution in [-0.4, -0.2) is 4.98 Å². The molecule has 0 bridgehead atoms. The summed E-state index contributed by atoms with van der Waals surface area (Å²) in [6.45, 7) is 6.23. The van der Waals surface area contributed by atoms with Crippen molar-refractivity contribution in [3.8, 4) is 0 Å². The lowest BCUT2D eigenvalue weighted by Crippen LogP contribution is -1.73. The molecule has 2 heteroatoms. The van der Waals surface area contributed by atoms with E-state index in [1.807, 2.05) is 19.1 Å². The van der Waals surface area contributed by atoms with Crippen molar-refractivity contribution in [2.75, 3.05) is 0 Å². The summed E-state index contributed by atoms with van der Waals surface area (Å²) in [5.41, 5.74) is 1.14. The van der Waals surface area contributed by atoms with Crippen LogP contribution in [0.5, 0.6) is 0 Å². The fourth-order valence-corrected chi connectivity index (χ4v) is 0.728. The summed E-state index contributed by atoms with van der Waals surface area (Å²) < 4.78 is 0. The number of hydrogen-bond donors (Lipinski definition) is 0. The molecule has 0 saturated carbocycles. The molecule has 0 amide bonds. The second-order valence-electron chi connectivity index (χ2n) is 2.36. The van der Waals surface area contributed by atoms with Crippen molar-refractivity contribution in [2.45, 2.75) is 27.2 Å². The van der Waals surface area contributed by atoms with Crippen molar-refractivity contribution in [1.29, 1.82) is 0 Å². The third kappa shape index (κ3) is 5.86. The van der Waals surface area contributed by atoms with Gasteiger partial charge in [-0.15, -0.1) is 0 Å². The van der Waals surface area contributed by atoms with E-state index in [-0.39, 0.29) is 0 Å². The molecule has 0 radical (unpaired) electrons. The minimum atomic E-state index is 0.560. The molecule has 1 rings (SSSR count). The number of rotatable bonds is 0. The zero-order valence-corrected chi connectivity index (χ0v) is 8.02. The predicted octanol–water partition coefficient (Wildman–Crippen LogP) is 3.46. The number of aromatic nitrogens is 1. The van der Waals surface area contributed by atoms with Gasteiger partial charge in [0.25, 0.3) is 0 Å². The molecular weight excluding hydrogens is 158 g/mol. The largest absolute Gasteiger partial charge is 0.245 e. The van der Waals surface area contributed by atoms with E-state index >= 15 is 0 Å². The van der Waals surface area contributed by atoms with Crippen LogP contribution < -0.4 is 0 Å². The van der Waals surface area contributed by atoms with Crippen LogP contribution in [0.1, 0.15) is 25.8 Å². The van der Waals surface area contributed by atoms with Gasteiger partial charge in [-0.05, 0) is 24.6 Å². The minimum Gasteiger partial charge on any atom is -0.245 e. The second kappa shape index (κ2) is 6.17. The van der Waals surface area contributed by atoms with Crippen LogP contribution >= 0.6 is 11.6 Å². The molecule has 0 fully saturated rings. The number of pyridine rings is 1. The molecule has 0 spiro atoms. The maximum atomic E-state index is 5.53. The summed E-state index contributed by atoms with van der Waals surface area (Å²) in [4.78, 5) is 3.81. The molecule has 0 atom stereocenters. The Balaban J connectivity index is 0.000000292. The normalized spacial score (nSPS) is 8.36. The molecule has 0 aromatic carbocycles.